The van der Waals surface area contributed by atoms with Gasteiger partial charge in [0.05, 0.1) is 17.9 Å². The molecule has 120 valence electrons. The van der Waals surface area contributed by atoms with E-state index in [1.807, 2.05) is 6.92 Å². The topological polar surface area (TPSA) is 54.9 Å². The van der Waals surface area contributed by atoms with E-state index in [1.165, 1.54) is 31.2 Å². The van der Waals surface area contributed by atoms with Crippen molar-refractivity contribution in [2.24, 2.45) is 5.92 Å². The number of amides is 1. The van der Waals surface area contributed by atoms with Gasteiger partial charge >= 0.3 is 0 Å². The molecule has 23 heavy (non-hydrogen) atoms. The maximum absolute atomic E-state index is 13.2. The van der Waals surface area contributed by atoms with Gasteiger partial charge in [0.25, 0.3) is 5.91 Å². The number of benzene rings is 1. The van der Waals surface area contributed by atoms with Crippen LogP contribution >= 0.6 is 0 Å². The van der Waals surface area contributed by atoms with Crippen LogP contribution in [0.5, 0.6) is 0 Å². The lowest BCUT2D eigenvalue weighted by Crippen LogP contribution is -2.33. The molecule has 1 N–H and O–H groups in total. The summed E-state index contributed by atoms with van der Waals surface area (Å²) in [6.45, 7) is 1.83. The Morgan fingerprint density at radius 2 is 1.87 bits per heavy atom. The van der Waals surface area contributed by atoms with Crippen molar-refractivity contribution in [3.63, 3.8) is 0 Å². The Morgan fingerprint density at radius 1 is 1.17 bits per heavy atom. The van der Waals surface area contributed by atoms with Crippen molar-refractivity contribution < 1.29 is 9.18 Å². The van der Waals surface area contributed by atoms with Gasteiger partial charge in [-0.15, -0.1) is 0 Å². The van der Waals surface area contributed by atoms with Crippen molar-refractivity contribution in [3.8, 4) is 0 Å². The van der Waals surface area contributed by atoms with Crippen molar-refractivity contribution >= 4 is 5.91 Å². The zero-order chi connectivity index (χ0) is 16.2. The van der Waals surface area contributed by atoms with Crippen LogP contribution in [0.3, 0.4) is 0 Å². The monoisotopic (exact) mass is 313 g/mol. The fraction of sp³-hybridized carbons (Fsp3) is 0.389. The van der Waals surface area contributed by atoms with E-state index >= 15 is 0 Å². The van der Waals surface area contributed by atoms with Crippen LogP contribution in [0.15, 0.2) is 36.7 Å². The second kappa shape index (κ2) is 6.86. The highest BCUT2D eigenvalue weighted by Crippen LogP contribution is 2.35. The summed E-state index contributed by atoms with van der Waals surface area (Å²) in [5, 5.41) is 3.07. The zero-order valence-electron chi connectivity index (χ0n) is 13.1. The number of aromatic nitrogens is 2. The van der Waals surface area contributed by atoms with Crippen LogP contribution in [0.4, 0.5) is 4.39 Å². The van der Waals surface area contributed by atoms with Crippen LogP contribution in [0, 0.1) is 18.7 Å². The fourth-order valence-electron chi connectivity index (χ4n) is 3.16. The lowest BCUT2D eigenvalue weighted by molar-refractivity contribution is 0.0916. The summed E-state index contributed by atoms with van der Waals surface area (Å²) in [6, 6.07) is 6.26. The number of halogens is 1. The van der Waals surface area contributed by atoms with Crippen molar-refractivity contribution in [1.29, 1.82) is 0 Å². The molecule has 1 aromatic carbocycles. The molecule has 4 nitrogen and oxygen atoms in total. The first-order valence-corrected chi connectivity index (χ1v) is 7.98. The fourth-order valence-corrected chi connectivity index (χ4v) is 3.16. The van der Waals surface area contributed by atoms with Gasteiger partial charge in [0, 0.05) is 6.20 Å². The molecule has 1 heterocycles. The highest BCUT2D eigenvalue weighted by atomic mass is 19.1. The number of carbonyl (C=O) groups excluding carboxylic acids is 1. The van der Waals surface area contributed by atoms with Crippen molar-refractivity contribution in [2.75, 3.05) is 0 Å². The van der Waals surface area contributed by atoms with Gasteiger partial charge in [0.15, 0.2) is 0 Å². The summed E-state index contributed by atoms with van der Waals surface area (Å²) in [5.74, 6) is -0.129. The number of nitrogens with zero attached hydrogens (tertiary/aromatic N) is 2. The van der Waals surface area contributed by atoms with E-state index in [-0.39, 0.29) is 17.8 Å². The summed E-state index contributed by atoms with van der Waals surface area (Å²) < 4.78 is 13.2. The number of aryl methyl sites for hydroxylation is 1. The maximum atomic E-state index is 13.2. The van der Waals surface area contributed by atoms with Crippen molar-refractivity contribution in [2.45, 2.75) is 38.6 Å². The van der Waals surface area contributed by atoms with Gasteiger partial charge < -0.3 is 5.32 Å². The first kappa shape index (κ1) is 15.6. The molecule has 1 aliphatic carbocycles. The van der Waals surface area contributed by atoms with E-state index in [9.17, 15) is 9.18 Å². The molecule has 1 aromatic heterocycles. The van der Waals surface area contributed by atoms with Crippen LogP contribution in [-0.4, -0.2) is 15.9 Å². The molecule has 1 fully saturated rings. The standard InChI is InChI=1S/C18H20FN3O/c1-12-10-21-16(11-20-12)18(23)22-17(13-4-2-3-5-13)14-6-8-15(19)9-7-14/h6-11,13,17H,2-5H2,1H3,(H,22,23)/t17-/m0/s1. The molecule has 1 aliphatic rings. The third-order valence-corrected chi connectivity index (χ3v) is 4.40. The predicted octanol–water partition coefficient (Wildman–Crippen LogP) is 3.59. The third kappa shape index (κ3) is 3.73. The lowest BCUT2D eigenvalue weighted by atomic mass is 9.91. The molecule has 0 aliphatic heterocycles. The van der Waals surface area contributed by atoms with E-state index in [2.05, 4.69) is 15.3 Å². The van der Waals surface area contributed by atoms with Gasteiger partial charge in [-0.2, -0.15) is 0 Å². The number of rotatable bonds is 4. The number of hydrogen-bond donors (Lipinski definition) is 1. The van der Waals surface area contributed by atoms with Crippen LogP contribution in [-0.2, 0) is 0 Å². The van der Waals surface area contributed by atoms with Gasteiger partial charge in [-0.3, -0.25) is 9.78 Å². The molecule has 1 atom stereocenters. The minimum absolute atomic E-state index is 0.117. The predicted molar refractivity (Wildman–Crippen MR) is 85.3 cm³/mol. The Kier molecular flexibility index (Phi) is 4.65. The van der Waals surface area contributed by atoms with Crippen LogP contribution in [0.2, 0.25) is 0 Å². The van der Waals surface area contributed by atoms with Crippen molar-refractivity contribution in [3.05, 3.63) is 59.4 Å². The van der Waals surface area contributed by atoms with Gasteiger partial charge in [-0.25, -0.2) is 9.37 Å². The quantitative estimate of drug-likeness (QED) is 0.938. The highest BCUT2D eigenvalue weighted by molar-refractivity contribution is 5.92. The Labute approximate surface area is 135 Å². The van der Waals surface area contributed by atoms with Gasteiger partial charge in [0.1, 0.15) is 11.5 Å². The maximum Gasteiger partial charge on any atom is 0.271 e. The Bertz CT molecular complexity index is 664. The number of hydrogen-bond acceptors (Lipinski definition) is 3. The molecule has 5 heteroatoms. The zero-order valence-corrected chi connectivity index (χ0v) is 13.1. The molecule has 0 saturated heterocycles. The first-order valence-electron chi connectivity index (χ1n) is 7.98. The second-order valence-corrected chi connectivity index (χ2v) is 6.09. The van der Waals surface area contributed by atoms with Crippen LogP contribution < -0.4 is 5.32 Å². The lowest BCUT2D eigenvalue weighted by Gasteiger charge is -2.25. The summed E-state index contributed by atoms with van der Waals surface area (Å²) in [7, 11) is 0. The summed E-state index contributed by atoms with van der Waals surface area (Å²) in [5.41, 5.74) is 2.01. The molecular weight excluding hydrogens is 293 g/mol. The largest absolute Gasteiger partial charge is 0.344 e. The Morgan fingerprint density at radius 3 is 2.48 bits per heavy atom. The SMILES string of the molecule is Cc1cnc(C(=O)N[C@H](c2ccc(F)cc2)C2CCCC2)cn1. The van der Waals surface area contributed by atoms with E-state index in [0.29, 0.717) is 11.6 Å². The normalized spacial score (nSPS) is 16.3. The minimum atomic E-state index is -0.269. The van der Waals surface area contributed by atoms with E-state index < -0.39 is 0 Å². The average Bonchev–Trinajstić information content (AvgIpc) is 3.08. The van der Waals surface area contributed by atoms with Crippen LogP contribution in [0.25, 0.3) is 0 Å². The van der Waals surface area contributed by atoms with E-state index in [4.69, 9.17) is 0 Å². The number of nitrogens with one attached hydrogen (secondary N) is 1. The number of carbonyl (C=O) groups is 1. The molecule has 1 saturated carbocycles. The molecule has 0 radical (unpaired) electrons. The Balaban J connectivity index is 1.81. The molecule has 2 aromatic rings. The Hall–Kier alpha value is -2.30. The smallest absolute Gasteiger partial charge is 0.271 e. The molecule has 3 rings (SSSR count). The molecule has 0 unspecified atom stereocenters. The van der Waals surface area contributed by atoms with Gasteiger partial charge in [-0.05, 0) is 43.4 Å². The van der Waals surface area contributed by atoms with Gasteiger partial charge in [-0.1, -0.05) is 25.0 Å². The molecule has 0 spiro atoms. The van der Waals surface area contributed by atoms with Crippen LogP contribution in [0.1, 0.15) is 53.5 Å². The second-order valence-electron chi connectivity index (χ2n) is 6.09. The highest BCUT2D eigenvalue weighted by Gasteiger charge is 2.28. The average molecular weight is 313 g/mol. The van der Waals surface area contributed by atoms with E-state index in [0.717, 1.165) is 24.1 Å². The van der Waals surface area contributed by atoms with Crippen molar-refractivity contribution in [1.82, 2.24) is 15.3 Å². The summed E-state index contributed by atoms with van der Waals surface area (Å²) in [6.07, 6.45) is 7.55. The molecule has 1 amide bonds. The first-order chi connectivity index (χ1) is 11.1. The summed E-state index contributed by atoms with van der Waals surface area (Å²) in [4.78, 5) is 20.7. The summed E-state index contributed by atoms with van der Waals surface area (Å²) >= 11 is 0. The van der Waals surface area contributed by atoms with E-state index in [1.54, 1.807) is 18.3 Å². The minimum Gasteiger partial charge on any atom is -0.344 e. The third-order valence-electron chi connectivity index (χ3n) is 4.40. The molecular formula is C18H20FN3O. The van der Waals surface area contributed by atoms with Gasteiger partial charge in [0.2, 0.25) is 0 Å². The molecule has 0 bridgehead atoms.